The van der Waals surface area contributed by atoms with E-state index in [-0.39, 0.29) is 0 Å². The SMILES string of the molecule is Cc1ccccc1SN(C)C=O. The maximum absolute atomic E-state index is 10.3. The average Bonchev–Trinajstić information content (AvgIpc) is 2.09. The molecule has 1 rings (SSSR count). The first kappa shape index (κ1) is 9.13. The number of benzene rings is 1. The lowest BCUT2D eigenvalue weighted by Crippen LogP contribution is -2.04. The minimum absolute atomic E-state index is 0.803. The van der Waals surface area contributed by atoms with E-state index in [0.29, 0.717) is 0 Å². The van der Waals surface area contributed by atoms with E-state index >= 15 is 0 Å². The molecule has 0 spiro atoms. The first-order valence-corrected chi connectivity index (χ1v) is 4.43. The summed E-state index contributed by atoms with van der Waals surface area (Å²) in [5, 5.41) is 0. The second kappa shape index (κ2) is 4.16. The molecular formula is C9H11NOS. The molecule has 0 atom stereocenters. The largest absolute Gasteiger partial charge is 0.288 e. The van der Waals surface area contributed by atoms with Crippen molar-refractivity contribution >= 4 is 18.4 Å². The van der Waals surface area contributed by atoms with E-state index in [1.54, 1.807) is 11.4 Å². The molecule has 0 fully saturated rings. The van der Waals surface area contributed by atoms with Crippen molar-refractivity contribution in [1.29, 1.82) is 0 Å². The van der Waals surface area contributed by atoms with Gasteiger partial charge in [-0.15, -0.1) is 0 Å². The van der Waals surface area contributed by atoms with Crippen molar-refractivity contribution in [3.05, 3.63) is 29.8 Å². The van der Waals surface area contributed by atoms with E-state index in [2.05, 4.69) is 0 Å². The molecule has 0 heterocycles. The lowest BCUT2D eigenvalue weighted by atomic mass is 10.2. The molecule has 0 saturated heterocycles. The predicted octanol–water partition coefficient (Wildman–Crippen LogP) is 2.09. The quantitative estimate of drug-likeness (QED) is 0.525. The van der Waals surface area contributed by atoms with Gasteiger partial charge >= 0.3 is 0 Å². The first-order valence-electron chi connectivity index (χ1n) is 3.66. The van der Waals surface area contributed by atoms with Gasteiger partial charge in [0, 0.05) is 11.9 Å². The van der Waals surface area contributed by atoms with Gasteiger partial charge < -0.3 is 0 Å². The summed E-state index contributed by atoms with van der Waals surface area (Å²) in [6.07, 6.45) is 0.803. The van der Waals surface area contributed by atoms with Gasteiger partial charge in [0.05, 0.1) is 0 Å². The van der Waals surface area contributed by atoms with Gasteiger partial charge in [-0.25, -0.2) is 0 Å². The topological polar surface area (TPSA) is 20.3 Å². The second-order valence-corrected chi connectivity index (χ2v) is 3.71. The van der Waals surface area contributed by atoms with Crippen LogP contribution in [0.25, 0.3) is 0 Å². The van der Waals surface area contributed by atoms with Crippen LogP contribution in [0.4, 0.5) is 0 Å². The number of hydrogen-bond acceptors (Lipinski definition) is 2. The molecule has 1 amide bonds. The molecule has 0 aliphatic heterocycles. The summed E-state index contributed by atoms with van der Waals surface area (Å²) in [6.45, 7) is 2.03. The smallest absolute Gasteiger partial charge is 0.219 e. The van der Waals surface area contributed by atoms with E-state index < -0.39 is 0 Å². The fourth-order valence-corrected chi connectivity index (χ4v) is 1.54. The zero-order valence-electron chi connectivity index (χ0n) is 7.15. The fraction of sp³-hybridized carbons (Fsp3) is 0.222. The van der Waals surface area contributed by atoms with E-state index in [4.69, 9.17) is 0 Å². The van der Waals surface area contributed by atoms with Crippen molar-refractivity contribution in [2.24, 2.45) is 0 Å². The molecular weight excluding hydrogens is 170 g/mol. The van der Waals surface area contributed by atoms with Crippen molar-refractivity contribution < 1.29 is 4.79 Å². The van der Waals surface area contributed by atoms with Crippen molar-refractivity contribution in [2.75, 3.05) is 7.05 Å². The molecule has 0 radical (unpaired) electrons. The molecule has 0 aromatic heterocycles. The molecule has 0 aliphatic rings. The zero-order chi connectivity index (χ0) is 8.97. The minimum Gasteiger partial charge on any atom is -0.288 e. The summed E-state index contributed by atoms with van der Waals surface area (Å²) >= 11 is 1.44. The third-order valence-electron chi connectivity index (χ3n) is 1.48. The van der Waals surface area contributed by atoms with Gasteiger partial charge in [0.1, 0.15) is 0 Å². The Morgan fingerprint density at radius 1 is 1.42 bits per heavy atom. The molecule has 0 bridgehead atoms. The Bertz CT molecular complexity index is 275. The van der Waals surface area contributed by atoms with Gasteiger partial charge in [0.25, 0.3) is 0 Å². The van der Waals surface area contributed by atoms with E-state index in [0.717, 1.165) is 11.3 Å². The fourth-order valence-electron chi connectivity index (χ4n) is 0.835. The highest BCUT2D eigenvalue weighted by Crippen LogP contribution is 2.22. The van der Waals surface area contributed by atoms with Crippen molar-refractivity contribution in [3.8, 4) is 0 Å². The Kier molecular flexibility index (Phi) is 3.17. The number of carbonyl (C=O) groups is 1. The lowest BCUT2D eigenvalue weighted by molar-refractivity contribution is -0.113. The molecule has 1 aromatic rings. The van der Waals surface area contributed by atoms with Crippen molar-refractivity contribution in [1.82, 2.24) is 4.31 Å². The molecule has 3 heteroatoms. The monoisotopic (exact) mass is 181 g/mol. The summed E-state index contributed by atoms with van der Waals surface area (Å²) in [6, 6.07) is 7.98. The van der Waals surface area contributed by atoms with Crippen molar-refractivity contribution in [3.63, 3.8) is 0 Å². The van der Waals surface area contributed by atoms with Gasteiger partial charge in [0.15, 0.2) is 0 Å². The molecule has 64 valence electrons. The molecule has 1 aromatic carbocycles. The normalized spacial score (nSPS) is 9.50. The standard InChI is InChI=1S/C9H11NOS/c1-8-5-3-4-6-9(8)12-10(2)7-11/h3-7H,1-2H3. The van der Waals surface area contributed by atoms with Gasteiger partial charge in [-0.1, -0.05) is 18.2 Å². The number of carbonyl (C=O) groups excluding carboxylic acids is 1. The Balaban J connectivity index is 2.75. The van der Waals surface area contributed by atoms with E-state index in [1.807, 2.05) is 31.2 Å². The zero-order valence-corrected chi connectivity index (χ0v) is 7.97. The Morgan fingerprint density at radius 2 is 2.08 bits per heavy atom. The Hall–Kier alpha value is -0.960. The highest BCUT2D eigenvalue weighted by atomic mass is 32.2. The third-order valence-corrected chi connectivity index (χ3v) is 2.51. The van der Waals surface area contributed by atoms with Gasteiger partial charge in [0.2, 0.25) is 6.41 Å². The van der Waals surface area contributed by atoms with Crippen LogP contribution in [0.3, 0.4) is 0 Å². The number of nitrogens with zero attached hydrogens (tertiary/aromatic N) is 1. The summed E-state index contributed by atoms with van der Waals surface area (Å²) in [5.41, 5.74) is 1.19. The second-order valence-electron chi connectivity index (χ2n) is 2.51. The van der Waals surface area contributed by atoms with Crippen LogP contribution in [0.1, 0.15) is 5.56 Å². The average molecular weight is 181 g/mol. The van der Waals surface area contributed by atoms with Gasteiger partial charge in [-0.2, -0.15) is 0 Å². The van der Waals surface area contributed by atoms with Crippen LogP contribution in [0, 0.1) is 6.92 Å². The van der Waals surface area contributed by atoms with Crippen LogP contribution in [0.15, 0.2) is 29.2 Å². The van der Waals surface area contributed by atoms with Crippen LogP contribution in [0.2, 0.25) is 0 Å². The Labute approximate surface area is 76.7 Å². The summed E-state index contributed by atoms with van der Waals surface area (Å²) in [7, 11) is 1.74. The summed E-state index contributed by atoms with van der Waals surface area (Å²) < 4.78 is 1.54. The van der Waals surface area contributed by atoms with Gasteiger partial charge in [-0.05, 0) is 30.5 Å². The highest BCUT2D eigenvalue weighted by Gasteiger charge is 2.00. The molecule has 0 saturated carbocycles. The molecule has 2 nitrogen and oxygen atoms in total. The third kappa shape index (κ3) is 2.27. The maximum atomic E-state index is 10.3. The van der Waals surface area contributed by atoms with Crippen molar-refractivity contribution in [2.45, 2.75) is 11.8 Å². The first-order chi connectivity index (χ1) is 5.74. The maximum Gasteiger partial charge on any atom is 0.219 e. The highest BCUT2D eigenvalue weighted by molar-refractivity contribution is 7.97. The predicted molar refractivity (Wildman–Crippen MR) is 50.9 cm³/mol. The number of rotatable bonds is 3. The molecule has 12 heavy (non-hydrogen) atoms. The molecule has 0 unspecified atom stereocenters. The van der Waals surface area contributed by atoms with Crippen LogP contribution >= 0.6 is 11.9 Å². The minimum atomic E-state index is 0.803. The van der Waals surface area contributed by atoms with Crippen LogP contribution < -0.4 is 0 Å². The Morgan fingerprint density at radius 3 is 2.67 bits per heavy atom. The lowest BCUT2D eigenvalue weighted by Gasteiger charge is -2.10. The summed E-state index contributed by atoms with van der Waals surface area (Å²) in [5.74, 6) is 0. The number of aryl methyl sites for hydroxylation is 1. The van der Waals surface area contributed by atoms with Gasteiger partial charge in [-0.3, -0.25) is 9.10 Å². The molecule has 0 N–H and O–H groups in total. The van der Waals surface area contributed by atoms with E-state index in [9.17, 15) is 4.79 Å². The number of amides is 1. The van der Waals surface area contributed by atoms with Crippen LogP contribution in [-0.4, -0.2) is 17.8 Å². The molecule has 0 aliphatic carbocycles. The summed E-state index contributed by atoms with van der Waals surface area (Å²) in [4.78, 5) is 11.4. The van der Waals surface area contributed by atoms with Crippen LogP contribution in [0.5, 0.6) is 0 Å². The number of hydrogen-bond donors (Lipinski definition) is 0. The van der Waals surface area contributed by atoms with E-state index in [1.165, 1.54) is 17.5 Å². The van der Waals surface area contributed by atoms with Crippen LogP contribution in [-0.2, 0) is 4.79 Å².